The van der Waals surface area contributed by atoms with E-state index in [-0.39, 0.29) is 6.10 Å². The van der Waals surface area contributed by atoms with Crippen LogP contribution in [-0.2, 0) is 6.42 Å². The first-order valence-corrected chi connectivity index (χ1v) is 6.84. The van der Waals surface area contributed by atoms with Gasteiger partial charge in [-0.2, -0.15) is 0 Å². The van der Waals surface area contributed by atoms with Gasteiger partial charge in [0.1, 0.15) is 11.9 Å². The Morgan fingerprint density at radius 2 is 2.00 bits per heavy atom. The van der Waals surface area contributed by atoms with E-state index in [1.54, 1.807) is 0 Å². The average Bonchev–Trinajstić information content (AvgIpc) is 2.42. The zero-order valence-corrected chi connectivity index (χ0v) is 11.2. The van der Waals surface area contributed by atoms with Crippen LogP contribution in [0, 0.1) is 6.92 Å². The number of hydrogen-bond donors (Lipinski definition) is 1. The summed E-state index contributed by atoms with van der Waals surface area (Å²) in [5.41, 5.74) is 10.6. The van der Waals surface area contributed by atoms with Gasteiger partial charge in [-0.05, 0) is 55.0 Å². The lowest BCUT2D eigenvalue weighted by Gasteiger charge is -2.26. The molecule has 1 unspecified atom stereocenters. The van der Waals surface area contributed by atoms with Crippen LogP contribution in [0.15, 0.2) is 42.5 Å². The fourth-order valence-electron chi connectivity index (χ4n) is 2.76. The molecule has 0 fully saturated rings. The molecule has 1 aliphatic carbocycles. The van der Waals surface area contributed by atoms with Crippen LogP contribution in [0.3, 0.4) is 0 Å². The fourth-order valence-corrected chi connectivity index (χ4v) is 2.76. The maximum Gasteiger partial charge on any atom is 0.143 e. The predicted octanol–water partition coefficient (Wildman–Crippen LogP) is 4.03. The Balaban J connectivity index is 1.88. The van der Waals surface area contributed by atoms with Gasteiger partial charge in [-0.1, -0.05) is 30.3 Å². The molecule has 1 aliphatic rings. The highest BCUT2D eigenvalue weighted by Gasteiger charge is 2.21. The van der Waals surface area contributed by atoms with Crippen molar-refractivity contribution in [1.29, 1.82) is 0 Å². The van der Waals surface area contributed by atoms with E-state index < -0.39 is 0 Å². The summed E-state index contributed by atoms with van der Waals surface area (Å²) in [5, 5.41) is 0. The molecule has 0 saturated carbocycles. The SMILES string of the molecule is Cc1ccc(OC2CCCc3ccccc32)c(N)c1. The van der Waals surface area contributed by atoms with E-state index in [1.807, 2.05) is 25.1 Å². The Bertz CT molecular complexity index is 592. The second kappa shape index (κ2) is 4.96. The summed E-state index contributed by atoms with van der Waals surface area (Å²) in [6, 6.07) is 14.5. The minimum Gasteiger partial charge on any atom is -0.484 e. The number of rotatable bonds is 2. The third kappa shape index (κ3) is 2.43. The summed E-state index contributed by atoms with van der Waals surface area (Å²) in [4.78, 5) is 0. The first kappa shape index (κ1) is 12.1. The Labute approximate surface area is 114 Å². The number of benzene rings is 2. The molecule has 19 heavy (non-hydrogen) atoms. The van der Waals surface area contributed by atoms with Crippen molar-refractivity contribution in [3.63, 3.8) is 0 Å². The Kier molecular flexibility index (Phi) is 3.16. The Hall–Kier alpha value is -1.96. The standard InChI is InChI=1S/C17H19NO/c1-12-9-10-17(15(18)11-12)19-16-8-4-6-13-5-2-3-7-14(13)16/h2-3,5,7,9-11,16H,4,6,8,18H2,1H3. The molecule has 0 aromatic heterocycles. The van der Waals surface area contributed by atoms with Gasteiger partial charge in [-0.15, -0.1) is 0 Å². The minimum absolute atomic E-state index is 0.134. The lowest BCUT2D eigenvalue weighted by molar-refractivity contribution is 0.184. The summed E-state index contributed by atoms with van der Waals surface area (Å²) in [5.74, 6) is 0.798. The fraction of sp³-hybridized carbons (Fsp3) is 0.294. The van der Waals surface area contributed by atoms with E-state index in [0.717, 1.165) is 29.8 Å². The van der Waals surface area contributed by atoms with Crippen molar-refractivity contribution in [3.05, 3.63) is 59.2 Å². The predicted molar refractivity (Wildman–Crippen MR) is 78.3 cm³/mol. The highest BCUT2D eigenvalue weighted by Crippen LogP contribution is 2.35. The van der Waals surface area contributed by atoms with E-state index in [2.05, 4.69) is 24.3 Å². The maximum absolute atomic E-state index is 6.14. The lowest BCUT2D eigenvalue weighted by Crippen LogP contribution is -2.15. The number of nitrogen functional groups attached to an aromatic ring is 1. The molecule has 2 aromatic carbocycles. The highest BCUT2D eigenvalue weighted by molar-refractivity contribution is 5.54. The van der Waals surface area contributed by atoms with Crippen LogP contribution >= 0.6 is 0 Å². The van der Waals surface area contributed by atoms with Crippen LogP contribution in [0.25, 0.3) is 0 Å². The molecule has 3 rings (SSSR count). The van der Waals surface area contributed by atoms with Crippen molar-refractivity contribution in [2.24, 2.45) is 0 Å². The first-order valence-electron chi connectivity index (χ1n) is 6.84. The topological polar surface area (TPSA) is 35.2 Å². The molecule has 0 heterocycles. The van der Waals surface area contributed by atoms with E-state index in [1.165, 1.54) is 17.5 Å². The number of anilines is 1. The van der Waals surface area contributed by atoms with Gasteiger partial charge in [0.05, 0.1) is 5.69 Å². The molecule has 0 bridgehead atoms. The molecule has 0 amide bonds. The van der Waals surface area contributed by atoms with Gasteiger partial charge in [0.25, 0.3) is 0 Å². The third-order valence-corrected chi connectivity index (χ3v) is 3.75. The van der Waals surface area contributed by atoms with E-state index in [0.29, 0.717) is 0 Å². The Morgan fingerprint density at radius 3 is 2.84 bits per heavy atom. The van der Waals surface area contributed by atoms with Gasteiger partial charge in [0.2, 0.25) is 0 Å². The molecule has 1 atom stereocenters. The van der Waals surface area contributed by atoms with Gasteiger partial charge in [-0.25, -0.2) is 0 Å². The summed E-state index contributed by atoms with van der Waals surface area (Å²) >= 11 is 0. The number of aryl methyl sites for hydroxylation is 2. The van der Waals surface area contributed by atoms with Crippen molar-refractivity contribution in [2.45, 2.75) is 32.3 Å². The summed E-state index contributed by atoms with van der Waals surface area (Å²) in [6.07, 6.45) is 3.52. The molecule has 0 spiro atoms. The van der Waals surface area contributed by atoms with Crippen LogP contribution in [0.2, 0.25) is 0 Å². The number of hydrogen-bond acceptors (Lipinski definition) is 2. The zero-order valence-electron chi connectivity index (χ0n) is 11.2. The zero-order chi connectivity index (χ0) is 13.2. The monoisotopic (exact) mass is 253 g/mol. The van der Waals surface area contributed by atoms with E-state index >= 15 is 0 Å². The second-order valence-corrected chi connectivity index (χ2v) is 5.24. The lowest BCUT2D eigenvalue weighted by atomic mass is 9.89. The summed E-state index contributed by atoms with van der Waals surface area (Å²) in [7, 11) is 0. The number of fused-ring (bicyclic) bond motifs is 1. The van der Waals surface area contributed by atoms with Crippen LogP contribution in [-0.4, -0.2) is 0 Å². The number of nitrogens with two attached hydrogens (primary N) is 1. The normalized spacial score (nSPS) is 17.8. The van der Waals surface area contributed by atoms with Gasteiger partial charge in [0.15, 0.2) is 0 Å². The molecule has 2 N–H and O–H groups in total. The van der Waals surface area contributed by atoms with Gasteiger partial charge in [0, 0.05) is 0 Å². The molecule has 0 saturated heterocycles. The van der Waals surface area contributed by atoms with Crippen LogP contribution in [0.4, 0.5) is 5.69 Å². The van der Waals surface area contributed by atoms with Gasteiger partial charge in [-0.3, -0.25) is 0 Å². The molecule has 2 aromatic rings. The molecule has 0 aliphatic heterocycles. The van der Waals surface area contributed by atoms with Gasteiger partial charge >= 0.3 is 0 Å². The number of ether oxygens (including phenoxy) is 1. The molecule has 0 radical (unpaired) electrons. The molecule has 2 nitrogen and oxygen atoms in total. The molecular weight excluding hydrogens is 234 g/mol. The third-order valence-electron chi connectivity index (χ3n) is 3.75. The minimum atomic E-state index is 0.134. The first-order chi connectivity index (χ1) is 9.24. The van der Waals surface area contributed by atoms with Crippen molar-refractivity contribution >= 4 is 5.69 Å². The summed E-state index contributed by atoms with van der Waals surface area (Å²) in [6.45, 7) is 2.04. The largest absolute Gasteiger partial charge is 0.484 e. The molecule has 2 heteroatoms. The van der Waals surface area contributed by atoms with E-state index in [9.17, 15) is 0 Å². The summed E-state index contributed by atoms with van der Waals surface area (Å²) < 4.78 is 6.14. The van der Waals surface area contributed by atoms with Gasteiger partial charge < -0.3 is 10.5 Å². The van der Waals surface area contributed by atoms with Crippen molar-refractivity contribution < 1.29 is 4.74 Å². The highest BCUT2D eigenvalue weighted by atomic mass is 16.5. The molecular formula is C17H19NO. The smallest absolute Gasteiger partial charge is 0.143 e. The molecule has 98 valence electrons. The van der Waals surface area contributed by atoms with Crippen molar-refractivity contribution in [2.75, 3.05) is 5.73 Å². The average molecular weight is 253 g/mol. The second-order valence-electron chi connectivity index (χ2n) is 5.24. The quantitative estimate of drug-likeness (QED) is 0.820. The van der Waals surface area contributed by atoms with Crippen LogP contribution < -0.4 is 10.5 Å². The van der Waals surface area contributed by atoms with Crippen LogP contribution in [0.5, 0.6) is 5.75 Å². The van der Waals surface area contributed by atoms with Crippen molar-refractivity contribution in [3.8, 4) is 5.75 Å². The van der Waals surface area contributed by atoms with Crippen molar-refractivity contribution in [1.82, 2.24) is 0 Å². The Morgan fingerprint density at radius 1 is 1.16 bits per heavy atom. The van der Waals surface area contributed by atoms with E-state index in [4.69, 9.17) is 10.5 Å². The maximum atomic E-state index is 6.14. The van der Waals surface area contributed by atoms with Crippen LogP contribution in [0.1, 0.15) is 35.6 Å².